The van der Waals surface area contributed by atoms with E-state index >= 15 is 0 Å². The van der Waals surface area contributed by atoms with Gasteiger partial charge in [-0.1, -0.05) is 30.3 Å². The lowest BCUT2D eigenvalue weighted by Gasteiger charge is -2.35. The Bertz CT molecular complexity index is 833. The normalized spacial score (nSPS) is 15.1. The summed E-state index contributed by atoms with van der Waals surface area (Å²) in [4.78, 5) is 20.6. The predicted octanol–water partition coefficient (Wildman–Crippen LogP) is 3.73. The van der Waals surface area contributed by atoms with Gasteiger partial charge in [0, 0.05) is 57.1 Å². The van der Waals surface area contributed by atoms with Gasteiger partial charge in [0.15, 0.2) is 5.17 Å². The molecule has 6 nitrogen and oxygen atoms in total. The largest absolute Gasteiger partial charge is 0.346 e. The van der Waals surface area contributed by atoms with Crippen LogP contribution >= 0.6 is 11.9 Å². The Balaban J connectivity index is 1.48. The van der Waals surface area contributed by atoms with Crippen molar-refractivity contribution in [3.63, 3.8) is 0 Å². The third kappa shape index (κ3) is 5.56. The topological polar surface area (TPSA) is 60.3 Å². The molecule has 0 unspecified atom stereocenters. The molecule has 0 aliphatic carbocycles. The number of nitrogens with zero attached hydrogens (tertiary/aromatic N) is 4. The van der Waals surface area contributed by atoms with Gasteiger partial charge in [-0.2, -0.15) is 0 Å². The molecule has 1 saturated heterocycles. The van der Waals surface area contributed by atoms with Gasteiger partial charge < -0.3 is 15.1 Å². The number of hydrogen-bond donors (Lipinski definition) is 1. The molecule has 1 N–H and O–H groups in total. The molecular weight excluding hydrogens is 377 g/mol. The first kappa shape index (κ1) is 19.9. The summed E-state index contributed by atoms with van der Waals surface area (Å²) < 4.78 is 17.3. The standard InChI is InChI=1S/C20H22FN5OS/c1-22-20(28-23-15-16-7-9-17(21)10-8-16)26-13-11-25(12-14-26)19(27)24-18-5-3-2-4-6-18/h2-10,15H,11-14H2,1H3,(H,24,27)/b22-20?,23-15+. The molecule has 0 aromatic heterocycles. The van der Waals surface area contributed by atoms with Gasteiger partial charge in [-0.25, -0.2) is 13.6 Å². The predicted molar refractivity (Wildman–Crippen MR) is 114 cm³/mol. The number of carbonyl (C=O) groups is 1. The van der Waals surface area contributed by atoms with Crippen LogP contribution in [0.15, 0.2) is 64.0 Å². The summed E-state index contributed by atoms with van der Waals surface area (Å²) in [6, 6.07) is 15.5. The molecule has 1 fully saturated rings. The van der Waals surface area contributed by atoms with Gasteiger partial charge in [0.2, 0.25) is 0 Å². The number of amidine groups is 1. The maximum absolute atomic E-state index is 12.9. The Hall–Kier alpha value is -2.87. The van der Waals surface area contributed by atoms with Crippen LogP contribution in [0.5, 0.6) is 0 Å². The van der Waals surface area contributed by atoms with Crippen molar-refractivity contribution in [1.29, 1.82) is 0 Å². The molecule has 2 amide bonds. The van der Waals surface area contributed by atoms with Crippen LogP contribution in [0.4, 0.5) is 14.9 Å². The van der Waals surface area contributed by atoms with Crippen LogP contribution in [0.3, 0.4) is 0 Å². The molecule has 0 bridgehead atoms. The second-order valence-electron chi connectivity index (χ2n) is 6.15. The van der Waals surface area contributed by atoms with Crippen molar-refractivity contribution >= 4 is 35.0 Å². The molecule has 1 aliphatic rings. The van der Waals surface area contributed by atoms with E-state index in [9.17, 15) is 9.18 Å². The van der Waals surface area contributed by atoms with E-state index in [1.807, 2.05) is 30.3 Å². The molecule has 0 spiro atoms. The fraction of sp³-hybridized carbons (Fsp3) is 0.250. The number of rotatable bonds is 3. The molecule has 1 heterocycles. The minimum atomic E-state index is -0.269. The van der Waals surface area contributed by atoms with Gasteiger partial charge >= 0.3 is 6.03 Å². The van der Waals surface area contributed by atoms with Gasteiger partial charge in [-0.05, 0) is 29.8 Å². The first-order valence-corrected chi connectivity index (χ1v) is 9.72. The number of urea groups is 1. The van der Waals surface area contributed by atoms with E-state index < -0.39 is 0 Å². The third-order valence-electron chi connectivity index (χ3n) is 4.26. The monoisotopic (exact) mass is 399 g/mol. The van der Waals surface area contributed by atoms with E-state index in [0.717, 1.165) is 16.4 Å². The molecule has 146 valence electrons. The van der Waals surface area contributed by atoms with Crippen molar-refractivity contribution < 1.29 is 9.18 Å². The zero-order valence-electron chi connectivity index (χ0n) is 15.6. The number of halogens is 1. The second-order valence-corrected chi connectivity index (χ2v) is 6.91. The SMILES string of the molecule is CN=C(S/N=C/c1ccc(F)cc1)N1CCN(C(=O)Nc2ccccc2)CC1. The second kappa shape index (κ2) is 9.89. The highest BCUT2D eigenvalue weighted by molar-refractivity contribution is 8.12. The number of anilines is 1. The van der Waals surface area contributed by atoms with Crippen molar-refractivity contribution in [2.75, 3.05) is 38.5 Å². The first-order valence-electron chi connectivity index (χ1n) is 8.94. The average Bonchev–Trinajstić information content (AvgIpc) is 2.73. The van der Waals surface area contributed by atoms with Gasteiger partial charge in [-0.3, -0.25) is 4.99 Å². The average molecular weight is 399 g/mol. The fourth-order valence-corrected chi connectivity index (χ4v) is 3.40. The van der Waals surface area contributed by atoms with Gasteiger partial charge in [0.1, 0.15) is 5.82 Å². The fourth-order valence-electron chi connectivity index (χ4n) is 2.75. The van der Waals surface area contributed by atoms with E-state index in [1.54, 1.807) is 30.3 Å². The number of carbonyl (C=O) groups excluding carboxylic acids is 1. The summed E-state index contributed by atoms with van der Waals surface area (Å²) >= 11 is 1.27. The Kier molecular flexibility index (Phi) is 7.02. The maximum atomic E-state index is 12.9. The summed E-state index contributed by atoms with van der Waals surface area (Å²) in [5.41, 5.74) is 1.61. The lowest BCUT2D eigenvalue weighted by Crippen LogP contribution is -2.51. The summed E-state index contributed by atoms with van der Waals surface area (Å²) in [7, 11) is 1.73. The Morgan fingerprint density at radius 1 is 1.04 bits per heavy atom. The highest BCUT2D eigenvalue weighted by Gasteiger charge is 2.23. The summed E-state index contributed by atoms with van der Waals surface area (Å²) in [5.74, 6) is -0.269. The molecule has 2 aromatic rings. The molecule has 0 atom stereocenters. The number of aliphatic imine (C=N–C) groups is 1. The van der Waals surface area contributed by atoms with Crippen LogP contribution in [0, 0.1) is 5.82 Å². The third-order valence-corrected chi connectivity index (χ3v) is 5.07. The molecule has 8 heteroatoms. The Labute approximate surface area is 168 Å². The van der Waals surface area contributed by atoms with Gasteiger partial charge in [0.05, 0.1) is 0 Å². The van der Waals surface area contributed by atoms with E-state index in [0.29, 0.717) is 26.2 Å². The number of nitrogens with one attached hydrogen (secondary N) is 1. The van der Waals surface area contributed by atoms with Crippen LogP contribution in [-0.4, -0.2) is 60.4 Å². The van der Waals surface area contributed by atoms with Gasteiger partial charge in [0.25, 0.3) is 0 Å². The zero-order valence-corrected chi connectivity index (χ0v) is 16.4. The zero-order chi connectivity index (χ0) is 19.8. The smallest absolute Gasteiger partial charge is 0.321 e. The number of para-hydroxylation sites is 1. The number of piperazine rings is 1. The molecular formula is C20H22FN5OS. The first-order chi connectivity index (χ1) is 13.7. The van der Waals surface area contributed by atoms with Crippen molar-refractivity contribution in [3.05, 3.63) is 66.0 Å². The number of hydrogen-bond acceptors (Lipinski definition) is 4. The Morgan fingerprint density at radius 3 is 2.32 bits per heavy atom. The quantitative estimate of drug-likeness (QED) is 0.486. The van der Waals surface area contributed by atoms with Crippen molar-refractivity contribution in [1.82, 2.24) is 9.80 Å². The van der Waals surface area contributed by atoms with Crippen molar-refractivity contribution in [3.8, 4) is 0 Å². The lowest BCUT2D eigenvalue weighted by molar-refractivity contribution is 0.182. The summed E-state index contributed by atoms with van der Waals surface area (Å²) in [6.45, 7) is 2.60. The minimum Gasteiger partial charge on any atom is -0.346 e. The van der Waals surface area contributed by atoms with E-state index in [1.165, 1.54) is 24.1 Å². The molecule has 0 saturated carbocycles. The molecule has 3 rings (SSSR count). The maximum Gasteiger partial charge on any atom is 0.321 e. The van der Waals surface area contributed by atoms with Crippen molar-refractivity contribution in [2.45, 2.75) is 0 Å². The van der Waals surface area contributed by atoms with Crippen LogP contribution in [0.1, 0.15) is 5.56 Å². The van der Waals surface area contributed by atoms with Crippen LogP contribution in [0.25, 0.3) is 0 Å². The van der Waals surface area contributed by atoms with E-state index in [-0.39, 0.29) is 11.8 Å². The lowest BCUT2D eigenvalue weighted by atomic mass is 10.2. The summed E-state index contributed by atoms with van der Waals surface area (Å²) in [6.07, 6.45) is 1.68. The van der Waals surface area contributed by atoms with Crippen LogP contribution in [0.2, 0.25) is 0 Å². The molecule has 2 aromatic carbocycles. The molecule has 0 radical (unpaired) electrons. The summed E-state index contributed by atoms with van der Waals surface area (Å²) in [5, 5.41) is 3.70. The highest BCUT2D eigenvalue weighted by atomic mass is 32.2. The van der Waals surface area contributed by atoms with E-state index in [2.05, 4.69) is 19.6 Å². The Morgan fingerprint density at radius 2 is 1.68 bits per heavy atom. The van der Waals surface area contributed by atoms with Crippen LogP contribution < -0.4 is 5.32 Å². The van der Waals surface area contributed by atoms with E-state index in [4.69, 9.17) is 0 Å². The molecule has 28 heavy (non-hydrogen) atoms. The molecule has 1 aliphatic heterocycles. The number of benzene rings is 2. The van der Waals surface area contributed by atoms with Gasteiger partial charge in [-0.15, -0.1) is 0 Å². The highest BCUT2D eigenvalue weighted by Crippen LogP contribution is 2.15. The minimum absolute atomic E-state index is 0.0946. The number of amides is 2. The van der Waals surface area contributed by atoms with Crippen LogP contribution in [-0.2, 0) is 0 Å². The van der Waals surface area contributed by atoms with Crippen molar-refractivity contribution in [2.24, 2.45) is 9.39 Å².